The molecular weight excluding hydrogens is 200 g/mol. The first-order valence-corrected chi connectivity index (χ1v) is 3.40. The van der Waals surface area contributed by atoms with Gasteiger partial charge in [0.1, 0.15) is 11.5 Å². The van der Waals surface area contributed by atoms with E-state index in [1.165, 1.54) is 0 Å². The van der Waals surface area contributed by atoms with Gasteiger partial charge < -0.3 is 9.52 Å². The Hall–Kier alpha value is -0.770. The van der Waals surface area contributed by atoms with Crippen molar-refractivity contribution in [3.05, 3.63) is 26.7 Å². The van der Waals surface area contributed by atoms with E-state index in [0.29, 0.717) is 10.2 Å². The molecular formula is C6H5BrO3. The Kier molecular flexibility index (Phi) is 1.80. The Labute approximate surface area is 65.4 Å². The van der Waals surface area contributed by atoms with Crippen LogP contribution in [0.25, 0.3) is 0 Å². The van der Waals surface area contributed by atoms with Gasteiger partial charge in [0.15, 0.2) is 0 Å². The molecule has 0 unspecified atom stereocenters. The Morgan fingerprint density at radius 1 is 1.70 bits per heavy atom. The van der Waals surface area contributed by atoms with Crippen molar-refractivity contribution in [2.24, 2.45) is 0 Å². The zero-order valence-electron chi connectivity index (χ0n) is 5.22. The second-order valence-electron chi connectivity index (χ2n) is 1.82. The summed E-state index contributed by atoms with van der Waals surface area (Å²) in [6.07, 6.45) is 0. The molecule has 1 N–H and O–H groups in total. The highest BCUT2D eigenvalue weighted by Crippen LogP contribution is 2.24. The maximum Gasteiger partial charge on any atom is 0.339 e. The van der Waals surface area contributed by atoms with E-state index in [4.69, 9.17) is 5.11 Å². The molecule has 0 spiro atoms. The topological polar surface area (TPSA) is 50.4 Å². The molecule has 0 atom stereocenters. The molecule has 0 amide bonds. The van der Waals surface area contributed by atoms with Gasteiger partial charge in [-0.25, -0.2) is 4.79 Å². The predicted octanol–water partition coefficient (Wildman–Crippen LogP) is 1.42. The molecule has 4 heteroatoms. The summed E-state index contributed by atoms with van der Waals surface area (Å²) < 4.78 is 5.05. The minimum absolute atomic E-state index is 0.0891. The lowest BCUT2D eigenvalue weighted by atomic mass is 10.4. The number of hydrogen-bond donors (Lipinski definition) is 1. The minimum atomic E-state index is -0.543. The Bertz CT molecular complexity index is 276. The van der Waals surface area contributed by atoms with E-state index in [0.717, 1.165) is 6.07 Å². The largest absolute Gasteiger partial charge is 0.506 e. The average Bonchev–Trinajstić information content (AvgIpc) is 1.82. The van der Waals surface area contributed by atoms with Gasteiger partial charge in [0.05, 0.1) is 10.5 Å². The summed E-state index contributed by atoms with van der Waals surface area (Å²) in [7, 11) is 0. The van der Waals surface area contributed by atoms with Gasteiger partial charge in [0.2, 0.25) is 0 Å². The maximum atomic E-state index is 10.5. The summed E-state index contributed by atoms with van der Waals surface area (Å²) in [5.74, 6) is 0.291. The summed E-state index contributed by atoms with van der Waals surface area (Å²) in [6, 6.07) is 1.01. The molecule has 1 aromatic heterocycles. The van der Waals surface area contributed by atoms with Gasteiger partial charge in [0.25, 0.3) is 0 Å². The first-order chi connectivity index (χ1) is 4.61. The third kappa shape index (κ3) is 1.21. The Morgan fingerprint density at radius 2 is 2.30 bits per heavy atom. The van der Waals surface area contributed by atoms with E-state index in [9.17, 15) is 4.79 Å². The molecule has 3 nitrogen and oxygen atoms in total. The molecule has 1 heterocycles. The molecule has 0 fully saturated rings. The zero-order valence-corrected chi connectivity index (χ0v) is 6.81. The van der Waals surface area contributed by atoms with Crippen LogP contribution >= 0.6 is 15.9 Å². The quantitative estimate of drug-likeness (QED) is 0.696. The molecule has 0 bridgehead atoms. The first-order valence-electron chi connectivity index (χ1n) is 2.60. The third-order valence-electron chi connectivity index (χ3n) is 1.04. The SMILES string of the molecule is Cc1oc(=O)cc(O)c1Br. The standard InChI is InChI=1S/C6H5BrO3/c1-3-6(7)4(8)2-5(9)10-3/h2,8H,1H3. The van der Waals surface area contributed by atoms with E-state index < -0.39 is 5.63 Å². The molecule has 0 saturated heterocycles. The van der Waals surface area contributed by atoms with Crippen LogP contribution in [0.2, 0.25) is 0 Å². The molecule has 0 aliphatic carbocycles. The van der Waals surface area contributed by atoms with Crippen molar-refractivity contribution >= 4 is 15.9 Å². The van der Waals surface area contributed by atoms with Crippen molar-refractivity contribution in [1.82, 2.24) is 0 Å². The highest BCUT2D eigenvalue weighted by Gasteiger charge is 2.03. The zero-order chi connectivity index (χ0) is 7.72. The van der Waals surface area contributed by atoms with Crippen molar-refractivity contribution in [2.75, 3.05) is 0 Å². The van der Waals surface area contributed by atoms with Gasteiger partial charge in [-0.15, -0.1) is 0 Å². The third-order valence-corrected chi connectivity index (χ3v) is 2.01. The lowest BCUT2D eigenvalue weighted by molar-refractivity contribution is 0.428. The fourth-order valence-corrected chi connectivity index (χ4v) is 0.776. The van der Waals surface area contributed by atoms with Gasteiger partial charge in [-0.1, -0.05) is 0 Å². The lowest BCUT2D eigenvalue weighted by Gasteiger charge is -1.96. The highest BCUT2D eigenvalue weighted by molar-refractivity contribution is 9.10. The van der Waals surface area contributed by atoms with Crippen molar-refractivity contribution in [2.45, 2.75) is 6.92 Å². The number of halogens is 1. The van der Waals surface area contributed by atoms with E-state index in [-0.39, 0.29) is 5.75 Å². The van der Waals surface area contributed by atoms with E-state index in [1.54, 1.807) is 6.92 Å². The van der Waals surface area contributed by atoms with Crippen molar-refractivity contribution in [3.63, 3.8) is 0 Å². The molecule has 1 rings (SSSR count). The number of aryl methyl sites for hydroxylation is 1. The van der Waals surface area contributed by atoms with Gasteiger partial charge in [-0.2, -0.15) is 0 Å². The highest BCUT2D eigenvalue weighted by atomic mass is 79.9. The molecule has 1 aromatic rings. The molecule has 54 valence electrons. The minimum Gasteiger partial charge on any atom is -0.506 e. The second kappa shape index (κ2) is 2.46. The fourth-order valence-electron chi connectivity index (χ4n) is 0.581. The van der Waals surface area contributed by atoms with Gasteiger partial charge in [-0.05, 0) is 22.9 Å². The van der Waals surface area contributed by atoms with Crippen LogP contribution in [0.3, 0.4) is 0 Å². The Morgan fingerprint density at radius 3 is 2.80 bits per heavy atom. The van der Waals surface area contributed by atoms with Gasteiger partial charge in [0, 0.05) is 0 Å². The summed E-state index contributed by atoms with van der Waals surface area (Å²) in [4.78, 5) is 10.5. The normalized spacial score (nSPS) is 9.80. The van der Waals surface area contributed by atoms with Crippen LogP contribution < -0.4 is 5.63 Å². The van der Waals surface area contributed by atoms with Crippen molar-refractivity contribution < 1.29 is 9.52 Å². The monoisotopic (exact) mass is 204 g/mol. The van der Waals surface area contributed by atoms with Crippen LogP contribution in [0.4, 0.5) is 0 Å². The van der Waals surface area contributed by atoms with Crippen LogP contribution in [0.1, 0.15) is 5.76 Å². The van der Waals surface area contributed by atoms with Crippen LogP contribution in [0.5, 0.6) is 5.75 Å². The molecule has 0 radical (unpaired) electrons. The average molecular weight is 205 g/mol. The van der Waals surface area contributed by atoms with Crippen molar-refractivity contribution in [3.8, 4) is 5.75 Å². The smallest absolute Gasteiger partial charge is 0.339 e. The first kappa shape index (κ1) is 7.34. The number of hydrogen-bond acceptors (Lipinski definition) is 3. The lowest BCUT2D eigenvalue weighted by Crippen LogP contribution is -1.96. The molecule has 0 saturated carbocycles. The van der Waals surface area contributed by atoms with Crippen LogP contribution in [0.15, 0.2) is 19.8 Å². The number of rotatable bonds is 0. The van der Waals surface area contributed by atoms with E-state index in [2.05, 4.69) is 20.3 Å². The summed E-state index contributed by atoms with van der Waals surface area (Å²) in [5.41, 5.74) is -0.543. The second-order valence-corrected chi connectivity index (χ2v) is 2.61. The van der Waals surface area contributed by atoms with Gasteiger partial charge in [-0.3, -0.25) is 0 Å². The summed E-state index contributed by atoms with van der Waals surface area (Å²) in [6.45, 7) is 1.59. The Balaban J connectivity index is 3.46. The maximum absolute atomic E-state index is 10.5. The molecule has 10 heavy (non-hydrogen) atoms. The fraction of sp³-hybridized carbons (Fsp3) is 0.167. The van der Waals surface area contributed by atoms with E-state index in [1.807, 2.05) is 0 Å². The van der Waals surface area contributed by atoms with Crippen LogP contribution in [-0.4, -0.2) is 5.11 Å². The number of aromatic hydroxyl groups is 1. The van der Waals surface area contributed by atoms with E-state index >= 15 is 0 Å². The molecule has 0 aromatic carbocycles. The van der Waals surface area contributed by atoms with Crippen molar-refractivity contribution in [1.29, 1.82) is 0 Å². The molecule has 0 aliphatic rings. The summed E-state index contributed by atoms with van der Waals surface area (Å²) >= 11 is 3.03. The van der Waals surface area contributed by atoms with Crippen LogP contribution in [0, 0.1) is 6.92 Å². The van der Waals surface area contributed by atoms with Crippen LogP contribution in [-0.2, 0) is 0 Å². The summed E-state index contributed by atoms with van der Waals surface area (Å²) in [5, 5.41) is 8.97. The predicted molar refractivity (Wildman–Crippen MR) is 39.1 cm³/mol. The molecule has 0 aliphatic heterocycles. The van der Waals surface area contributed by atoms with Gasteiger partial charge >= 0.3 is 5.63 Å².